The van der Waals surface area contributed by atoms with Gasteiger partial charge in [-0.1, -0.05) is 0 Å². The van der Waals surface area contributed by atoms with Crippen LogP contribution in [-0.4, -0.2) is 42.4 Å². The largest absolute Gasteiger partial charge is 0.395 e. The van der Waals surface area contributed by atoms with Gasteiger partial charge in [0.15, 0.2) is 0 Å². The SMILES string of the molecule is CCN(CCO)c1ccc(NC2CCSC2)cc1. The number of rotatable bonds is 6. The molecule has 1 aliphatic rings. The Morgan fingerprint density at radius 3 is 2.72 bits per heavy atom. The molecule has 2 rings (SSSR count). The lowest BCUT2D eigenvalue weighted by Gasteiger charge is -2.22. The van der Waals surface area contributed by atoms with Gasteiger partial charge < -0.3 is 15.3 Å². The number of anilines is 2. The number of nitrogens with zero attached hydrogens (tertiary/aromatic N) is 1. The number of hydrogen-bond acceptors (Lipinski definition) is 4. The Balaban J connectivity index is 1.95. The van der Waals surface area contributed by atoms with E-state index >= 15 is 0 Å². The zero-order valence-electron chi connectivity index (χ0n) is 10.9. The molecule has 0 aromatic heterocycles. The van der Waals surface area contributed by atoms with Gasteiger partial charge in [-0.05, 0) is 43.4 Å². The number of hydrogen-bond donors (Lipinski definition) is 2. The highest BCUT2D eigenvalue weighted by Gasteiger charge is 2.14. The van der Waals surface area contributed by atoms with E-state index in [2.05, 4.69) is 41.4 Å². The molecule has 0 radical (unpaired) electrons. The molecule has 1 aromatic carbocycles. The summed E-state index contributed by atoms with van der Waals surface area (Å²) in [7, 11) is 0. The Bertz CT molecular complexity index is 349. The van der Waals surface area contributed by atoms with E-state index in [-0.39, 0.29) is 6.61 Å². The summed E-state index contributed by atoms with van der Waals surface area (Å²) in [5.74, 6) is 2.49. The van der Waals surface area contributed by atoms with Gasteiger partial charge in [-0.25, -0.2) is 0 Å². The van der Waals surface area contributed by atoms with Gasteiger partial charge >= 0.3 is 0 Å². The minimum Gasteiger partial charge on any atom is -0.395 e. The molecular formula is C14H22N2OS. The van der Waals surface area contributed by atoms with Crippen LogP contribution in [-0.2, 0) is 0 Å². The first-order valence-corrected chi connectivity index (χ1v) is 7.79. The summed E-state index contributed by atoms with van der Waals surface area (Å²) in [5, 5.41) is 12.6. The zero-order chi connectivity index (χ0) is 12.8. The van der Waals surface area contributed by atoms with E-state index in [1.54, 1.807) is 0 Å². The highest BCUT2D eigenvalue weighted by molar-refractivity contribution is 7.99. The van der Waals surface area contributed by atoms with E-state index in [0.29, 0.717) is 12.6 Å². The third kappa shape index (κ3) is 3.56. The molecule has 2 N–H and O–H groups in total. The van der Waals surface area contributed by atoms with Crippen LogP contribution in [0.25, 0.3) is 0 Å². The number of aliphatic hydroxyl groups excluding tert-OH is 1. The van der Waals surface area contributed by atoms with Gasteiger partial charge in [-0.2, -0.15) is 11.8 Å². The second-order valence-electron chi connectivity index (χ2n) is 4.56. The van der Waals surface area contributed by atoms with Crippen LogP contribution in [0.1, 0.15) is 13.3 Å². The first-order valence-electron chi connectivity index (χ1n) is 6.63. The fraction of sp³-hybridized carbons (Fsp3) is 0.571. The molecular weight excluding hydrogens is 244 g/mol. The van der Waals surface area contributed by atoms with Crippen molar-refractivity contribution in [3.63, 3.8) is 0 Å². The monoisotopic (exact) mass is 266 g/mol. The van der Waals surface area contributed by atoms with E-state index in [0.717, 1.165) is 6.54 Å². The molecule has 0 amide bonds. The highest BCUT2D eigenvalue weighted by Crippen LogP contribution is 2.23. The minimum atomic E-state index is 0.202. The number of thioether (sulfide) groups is 1. The van der Waals surface area contributed by atoms with E-state index in [4.69, 9.17) is 5.11 Å². The third-order valence-electron chi connectivity index (χ3n) is 3.28. The second kappa shape index (κ2) is 6.90. The highest BCUT2D eigenvalue weighted by atomic mass is 32.2. The molecule has 18 heavy (non-hydrogen) atoms. The molecule has 0 bridgehead atoms. The Morgan fingerprint density at radius 2 is 2.17 bits per heavy atom. The van der Waals surface area contributed by atoms with Gasteiger partial charge in [-0.15, -0.1) is 0 Å². The predicted molar refractivity (Wildman–Crippen MR) is 80.8 cm³/mol. The van der Waals surface area contributed by atoms with E-state index in [1.807, 2.05) is 11.8 Å². The maximum absolute atomic E-state index is 9.02. The Hall–Kier alpha value is -0.870. The molecule has 0 saturated carbocycles. The average Bonchev–Trinajstić information content (AvgIpc) is 2.90. The van der Waals surface area contributed by atoms with Crippen molar-refractivity contribution < 1.29 is 5.11 Å². The van der Waals surface area contributed by atoms with E-state index < -0.39 is 0 Å². The number of likely N-dealkylation sites (N-methyl/N-ethyl adjacent to an activating group) is 1. The van der Waals surface area contributed by atoms with Crippen molar-refractivity contribution in [1.29, 1.82) is 0 Å². The summed E-state index contributed by atoms with van der Waals surface area (Å²) in [6.45, 7) is 3.93. The van der Waals surface area contributed by atoms with Crippen molar-refractivity contribution in [2.75, 3.05) is 41.4 Å². The molecule has 1 aliphatic heterocycles. The van der Waals surface area contributed by atoms with Gasteiger partial charge in [-0.3, -0.25) is 0 Å². The zero-order valence-corrected chi connectivity index (χ0v) is 11.7. The molecule has 1 unspecified atom stereocenters. The van der Waals surface area contributed by atoms with Crippen LogP contribution in [0.2, 0.25) is 0 Å². The predicted octanol–water partition coefficient (Wildman–Crippen LogP) is 2.42. The topological polar surface area (TPSA) is 35.5 Å². The van der Waals surface area contributed by atoms with Crippen molar-refractivity contribution >= 4 is 23.1 Å². The summed E-state index contributed by atoms with van der Waals surface area (Å²) < 4.78 is 0. The Labute approximate surface area is 114 Å². The normalized spacial score (nSPS) is 18.9. The van der Waals surface area contributed by atoms with E-state index in [1.165, 1.54) is 29.3 Å². The van der Waals surface area contributed by atoms with Gasteiger partial charge in [0.2, 0.25) is 0 Å². The van der Waals surface area contributed by atoms with Crippen molar-refractivity contribution in [1.82, 2.24) is 0 Å². The summed E-state index contributed by atoms with van der Waals surface area (Å²) in [4.78, 5) is 2.18. The molecule has 1 atom stereocenters. The molecule has 1 heterocycles. The quantitative estimate of drug-likeness (QED) is 0.829. The van der Waals surface area contributed by atoms with Crippen LogP contribution in [0, 0.1) is 0 Å². The van der Waals surface area contributed by atoms with Crippen LogP contribution in [0.15, 0.2) is 24.3 Å². The molecule has 3 nitrogen and oxygen atoms in total. The van der Waals surface area contributed by atoms with Gasteiger partial charge in [0.25, 0.3) is 0 Å². The summed E-state index contributed by atoms with van der Waals surface area (Å²) >= 11 is 2.02. The summed E-state index contributed by atoms with van der Waals surface area (Å²) in [6, 6.07) is 9.16. The Morgan fingerprint density at radius 1 is 1.39 bits per heavy atom. The van der Waals surface area contributed by atoms with Crippen LogP contribution >= 0.6 is 11.8 Å². The molecule has 0 aliphatic carbocycles. The van der Waals surface area contributed by atoms with Crippen LogP contribution < -0.4 is 10.2 Å². The number of nitrogens with one attached hydrogen (secondary N) is 1. The summed E-state index contributed by atoms with van der Waals surface area (Å²) in [6.07, 6.45) is 1.26. The molecule has 100 valence electrons. The van der Waals surface area contributed by atoms with Gasteiger partial charge in [0.05, 0.1) is 6.61 Å². The van der Waals surface area contributed by atoms with E-state index in [9.17, 15) is 0 Å². The average molecular weight is 266 g/mol. The van der Waals surface area contributed by atoms with Crippen molar-refractivity contribution in [3.8, 4) is 0 Å². The van der Waals surface area contributed by atoms with Crippen LogP contribution in [0.3, 0.4) is 0 Å². The maximum atomic E-state index is 9.02. The fourth-order valence-corrected chi connectivity index (χ4v) is 3.40. The fourth-order valence-electron chi connectivity index (χ4n) is 2.24. The first kappa shape index (κ1) is 13.6. The van der Waals surface area contributed by atoms with Crippen molar-refractivity contribution in [2.24, 2.45) is 0 Å². The molecule has 4 heteroatoms. The smallest absolute Gasteiger partial charge is 0.0606 e. The molecule has 0 spiro atoms. The summed E-state index contributed by atoms with van der Waals surface area (Å²) in [5.41, 5.74) is 2.38. The number of benzene rings is 1. The lowest BCUT2D eigenvalue weighted by Crippen LogP contribution is -2.26. The first-order chi connectivity index (χ1) is 8.83. The standard InChI is InChI=1S/C14H22N2OS/c1-2-16(8-9-17)14-5-3-12(4-6-14)15-13-7-10-18-11-13/h3-6,13,15,17H,2,7-11H2,1H3. The van der Waals surface area contributed by atoms with Crippen LogP contribution in [0.5, 0.6) is 0 Å². The second-order valence-corrected chi connectivity index (χ2v) is 5.70. The van der Waals surface area contributed by atoms with Crippen LogP contribution in [0.4, 0.5) is 11.4 Å². The molecule has 1 saturated heterocycles. The van der Waals surface area contributed by atoms with Crippen molar-refractivity contribution in [2.45, 2.75) is 19.4 Å². The minimum absolute atomic E-state index is 0.202. The third-order valence-corrected chi connectivity index (χ3v) is 4.45. The lowest BCUT2D eigenvalue weighted by molar-refractivity contribution is 0.302. The Kier molecular flexibility index (Phi) is 5.20. The molecule has 1 aromatic rings. The van der Waals surface area contributed by atoms with Gasteiger partial charge in [0.1, 0.15) is 0 Å². The maximum Gasteiger partial charge on any atom is 0.0606 e. The number of aliphatic hydroxyl groups is 1. The van der Waals surface area contributed by atoms with Crippen molar-refractivity contribution in [3.05, 3.63) is 24.3 Å². The molecule has 1 fully saturated rings. The van der Waals surface area contributed by atoms with Gasteiger partial charge in [0, 0.05) is 36.3 Å². The lowest BCUT2D eigenvalue weighted by atomic mass is 10.2.